The maximum atomic E-state index is 5.60. The maximum absolute atomic E-state index is 5.60. The monoisotopic (exact) mass is 259 g/mol. The van der Waals surface area contributed by atoms with Crippen LogP contribution in [0.1, 0.15) is 6.42 Å². The Hall–Kier alpha value is -1.72. The number of ether oxygens (including phenoxy) is 2. The molecule has 0 radical (unpaired) electrons. The zero-order valence-electron chi connectivity index (χ0n) is 10.9. The van der Waals surface area contributed by atoms with Gasteiger partial charge in [0.15, 0.2) is 0 Å². The Morgan fingerprint density at radius 3 is 3.05 bits per heavy atom. The largest absolute Gasteiger partial charge is 0.378 e. The van der Waals surface area contributed by atoms with E-state index in [0.29, 0.717) is 13.2 Å². The van der Waals surface area contributed by atoms with Crippen LogP contribution in [0, 0.1) is 0 Å². The molecule has 0 amide bonds. The molecule has 100 valence electrons. The number of hydrogen-bond acceptors (Lipinski definition) is 5. The van der Waals surface area contributed by atoms with E-state index < -0.39 is 0 Å². The van der Waals surface area contributed by atoms with Gasteiger partial charge in [-0.15, -0.1) is 0 Å². The molecule has 1 N–H and O–H groups in total. The van der Waals surface area contributed by atoms with Crippen molar-refractivity contribution in [2.45, 2.75) is 12.0 Å². The Balaban J connectivity index is 1.82. The van der Waals surface area contributed by atoms with Crippen LogP contribution in [0.5, 0.6) is 0 Å². The molecule has 0 saturated carbocycles. The van der Waals surface area contributed by atoms with E-state index in [0.717, 1.165) is 29.7 Å². The summed E-state index contributed by atoms with van der Waals surface area (Å²) >= 11 is 0. The van der Waals surface area contributed by atoms with Gasteiger partial charge in [0.05, 0.1) is 12.1 Å². The van der Waals surface area contributed by atoms with E-state index in [4.69, 9.17) is 9.47 Å². The van der Waals surface area contributed by atoms with Gasteiger partial charge in [0.25, 0.3) is 0 Å². The molecule has 1 aromatic carbocycles. The Bertz CT molecular complexity index is 562. The lowest BCUT2D eigenvalue weighted by Gasteiger charge is -2.26. The zero-order chi connectivity index (χ0) is 13.1. The van der Waals surface area contributed by atoms with Gasteiger partial charge in [-0.1, -0.05) is 12.1 Å². The molecule has 5 nitrogen and oxygen atoms in total. The van der Waals surface area contributed by atoms with E-state index in [1.54, 1.807) is 13.4 Å². The Kier molecular flexibility index (Phi) is 3.31. The number of rotatable bonds is 4. The first-order chi connectivity index (χ1) is 9.33. The highest BCUT2D eigenvalue weighted by Crippen LogP contribution is 2.24. The fraction of sp³-hybridized carbons (Fsp3) is 0.429. The predicted molar refractivity (Wildman–Crippen MR) is 73.2 cm³/mol. The number of anilines is 1. The second-order valence-electron chi connectivity index (χ2n) is 4.78. The number of methoxy groups -OCH3 is 1. The molecule has 2 heterocycles. The third-order valence-corrected chi connectivity index (χ3v) is 3.62. The summed E-state index contributed by atoms with van der Waals surface area (Å²) in [5, 5.41) is 4.39. The summed E-state index contributed by atoms with van der Waals surface area (Å²) < 4.78 is 11.0. The molecule has 0 aliphatic carbocycles. The Morgan fingerprint density at radius 2 is 2.26 bits per heavy atom. The molecule has 1 aromatic heterocycles. The van der Waals surface area contributed by atoms with Crippen molar-refractivity contribution in [3.05, 3.63) is 30.6 Å². The fourth-order valence-corrected chi connectivity index (χ4v) is 2.35. The van der Waals surface area contributed by atoms with Gasteiger partial charge in [-0.25, -0.2) is 9.97 Å². The van der Waals surface area contributed by atoms with Gasteiger partial charge in [-0.05, 0) is 12.1 Å². The molecule has 1 aliphatic heterocycles. The minimum atomic E-state index is -0.244. The van der Waals surface area contributed by atoms with Crippen LogP contribution in [-0.2, 0) is 9.47 Å². The lowest BCUT2D eigenvalue weighted by atomic mass is 10.0. The number of nitrogens with one attached hydrogen (secondary N) is 1. The second-order valence-corrected chi connectivity index (χ2v) is 4.78. The summed E-state index contributed by atoms with van der Waals surface area (Å²) in [6.07, 6.45) is 2.48. The van der Waals surface area contributed by atoms with Gasteiger partial charge in [0, 0.05) is 32.1 Å². The van der Waals surface area contributed by atoms with Crippen LogP contribution in [0.3, 0.4) is 0 Å². The van der Waals surface area contributed by atoms with E-state index in [1.165, 1.54) is 0 Å². The molecular weight excluding hydrogens is 242 g/mol. The van der Waals surface area contributed by atoms with E-state index in [1.807, 2.05) is 24.3 Å². The van der Waals surface area contributed by atoms with E-state index in [-0.39, 0.29) is 5.60 Å². The van der Waals surface area contributed by atoms with E-state index in [9.17, 15) is 0 Å². The third kappa shape index (κ3) is 2.39. The van der Waals surface area contributed by atoms with Crippen LogP contribution in [0.25, 0.3) is 10.9 Å². The summed E-state index contributed by atoms with van der Waals surface area (Å²) in [7, 11) is 1.73. The molecule has 0 spiro atoms. The third-order valence-electron chi connectivity index (χ3n) is 3.62. The van der Waals surface area contributed by atoms with E-state index >= 15 is 0 Å². The zero-order valence-corrected chi connectivity index (χ0v) is 10.9. The molecule has 1 fully saturated rings. The minimum Gasteiger partial charge on any atom is -0.378 e. The Labute approximate surface area is 112 Å². The molecule has 1 atom stereocenters. The van der Waals surface area contributed by atoms with Crippen LogP contribution in [0.2, 0.25) is 0 Å². The summed E-state index contributed by atoms with van der Waals surface area (Å²) in [5.74, 6) is 0.842. The van der Waals surface area contributed by atoms with Crippen molar-refractivity contribution in [2.24, 2.45) is 0 Å². The number of fused-ring (bicyclic) bond motifs is 1. The molecule has 1 saturated heterocycles. The normalized spacial score (nSPS) is 22.8. The number of para-hydroxylation sites is 1. The summed E-state index contributed by atoms with van der Waals surface area (Å²) in [5.41, 5.74) is 0.695. The average molecular weight is 259 g/mol. The first-order valence-corrected chi connectivity index (χ1v) is 6.39. The first-order valence-electron chi connectivity index (χ1n) is 6.39. The fourth-order valence-electron chi connectivity index (χ4n) is 2.35. The van der Waals surface area contributed by atoms with Crippen molar-refractivity contribution in [1.82, 2.24) is 9.97 Å². The Morgan fingerprint density at radius 1 is 1.37 bits per heavy atom. The van der Waals surface area contributed by atoms with Gasteiger partial charge in [-0.3, -0.25) is 0 Å². The number of nitrogens with zero attached hydrogens (tertiary/aromatic N) is 2. The highest BCUT2D eigenvalue weighted by molar-refractivity contribution is 5.88. The van der Waals surface area contributed by atoms with Gasteiger partial charge < -0.3 is 14.8 Å². The number of benzene rings is 1. The van der Waals surface area contributed by atoms with Gasteiger partial charge in [-0.2, -0.15) is 0 Å². The molecule has 1 aliphatic rings. The maximum Gasteiger partial charge on any atom is 0.137 e. The van der Waals surface area contributed by atoms with Crippen molar-refractivity contribution in [3.8, 4) is 0 Å². The molecule has 0 bridgehead atoms. The van der Waals surface area contributed by atoms with E-state index in [2.05, 4.69) is 15.3 Å². The second kappa shape index (κ2) is 5.11. The highest BCUT2D eigenvalue weighted by Gasteiger charge is 2.34. The van der Waals surface area contributed by atoms with Crippen LogP contribution < -0.4 is 5.32 Å². The molecule has 3 rings (SSSR count). The van der Waals surface area contributed by atoms with Crippen LogP contribution in [0.4, 0.5) is 5.82 Å². The quantitative estimate of drug-likeness (QED) is 0.908. The molecule has 5 heteroatoms. The van der Waals surface area contributed by atoms with Crippen molar-refractivity contribution < 1.29 is 9.47 Å². The first kappa shape index (κ1) is 12.3. The van der Waals surface area contributed by atoms with Gasteiger partial charge in [0.1, 0.15) is 17.7 Å². The average Bonchev–Trinajstić information content (AvgIpc) is 2.94. The summed E-state index contributed by atoms with van der Waals surface area (Å²) in [6, 6.07) is 7.96. The lowest BCUT2D eigenvalue weighted by molar-refractivity contribution is -0.00623. The van der Waals surface area contributed by atoms with Crippen molar-refractivity contribution in [2.75, 3.05) is 32.2 Å². The highest BCUT2D eigenvalue weighted by atomic mass is 16.5. The minimum absolute atomic E-state index is 0.244. The van der Waals surface area contributed by atoms with Crippen molar-refractivity contribution in [1.29, 1.82) is 0 Å². The number of aromatic nitrogens is 2. The topological polar surface area (TPSA) is 56.3 Å². The van der Waals surface area contributed by atoms with Gasteiger partial charge in [0.2, 0.25) is 0 Å². The van der Waals surface area contributed by atoms with Crippen LogP contribution in [0.15, 0.2) is 30.6 Å². The molecule has 2 aromatic rings. The summed E-state index contributed by atoms with van der Waals surface area (Å²) in [4.78, 5) is 8.57. The van der Waals surface area contributed by atoms with Crippen molar-refractivity contribution >= 4 is 16.7 Å². The van der Waals surface area contributed by atoms with Crippen LogP contribution >= 0.6 is 0 Å². The lowest BCUT2D eigenvalue weighted by Crippen LogP contribution is -2.39. The predicted octanol–water partition coefficient (Wildman–Crippen LogP) is 1.85. The standard InChI is InChI=1S/C14H17N3O2/c1-18-14(6-7-19-9-14)8-15-13-11-4-2-3-5-12(11)16-10-17-13/h2-5,10H,6-9H2,1H3,(H,15,16,17). The molecular formula is C14H17N3O2. The van der Waals surface area contributed by atoms with Crippen LogP contribution in [-0.4, -0.2) is 42.4 Å². The van der Waals surface area contributed by atoms with Gasteiger partial charge >= 0.3 is 0 Å². The summed E-state index contributed by atoms with van der Waals surface area (Å²) in [6.45, 7) is 2.06. The number of hydrogen-bond donors (Lipinski definition) is 1. The smallest absolute Gasteiger partial charge is 0.137 e. The van der Waals surface area contributed by atoms with Crippen molar-refractivity contribution in [3.63, 3.8) is 0 Å². The molecule has 1 unspecified atom stereocenters. The molecule has 19 heavy (non-hydrogen) atoms. The SMILES string of the molecule is COC1(CNc2ncnc3ccccc23)CCOC1.